The zero-order valence-electron chi connectivity index (χ0n) is 11.4. The molecule has 0 heterocycles. The van der Waals surface area contributed by atoms with E-state index in [1.165, 1.54) is 0 Å². The van der Waals surface area contributed by atoms with E-state index in [1.54, 1.807) is 7.11 Å². The van der Waals surface area contributed by atoms with E-state index < -0.39 is 0 Å². The molecule has 0 radical (unpaired) electrons. The van der Waals surface area contributed by atoms with Gasteiger partial charge < -0.3 is 19.9 Å². The Morgan fingerprint density at radius 2 is 2.00 bits per heavy atom. The van der Waals surface area contributed by atoms with Crippen molar-refractivity contribution in [1.29, 1.82) is 0 Å². The summed E-state index contributed by atoms with van der Waals surface area (Å²) in [5.74, 6) is 2.14. The maximum Gasteiger partial charge on any atom is 0.124 e. The number of hydrogen-bond acceptors (Lipinski definition) is 4. The predicted molar refractivity (Wildman–Crippen MR) is 72.0 cm³/mol. The molecule has 0 spiro atoms. The van der Waals surface area contributed by atoms with E-state index in [9.17, 15) is 0 Å². The van der Waals surface area contributed by atoms with Crippen molar-refractivity contribution in [2.75, 3.05) is 26.9 Å². The lowest BCUT2D eigenvalue weighted by molar-refractivity contribution is 0.0816. The fourth-order valence-electron chi connectivity index (χ4n) is 1.51. The van der Waals surface area contributed by atoms with E-state index in [0.29, 0.717) is 25.7 Å². The summed E-state index contributed by atoms with van der Waals surface area (Å²) in [5, 5.41) is 0. The van der Waals surface area contributed by atoms with Gasteiger partial charge in [0.25, 0.3) is 0 Å². The van der Waals surface area contributed by atoms with Crippen LogP contribution in [0.5, 0.6) is 11.5 Å². The van der Waals surface area contributed by atoms with Crippen molar-refractivity contribution in [2.45, 2.75) is 20.4 Å². The van der Waals surface area contributed by atoms with Crippen LogP contribution < -0.4 is 15.2 Å². The summed E-state index contributed by atoms with van der Waals surface area (Å²) in [4.78, 5) is 0. The molecule has 0 aliphatic rings. The first kappa shape index (κ1) is 14.8. The average molecular weight is 253 g/mol. The van der Waals surface area contributed by atoms with Crippen LogP contribution in [0, 0.1) is 5.92 Å². The van der Waals surface area contributed by atoms with Crippen LogP contribution >= 0.6 is 0 Å². The van der Waals surface area contributed by atoms with E-state index in [4.69, 9.17) is 19.9 Å². The summed E-state index contributed by atoms with van der Waals surface area (Å²) >= 11 is 0. The number of methoxy groups -OCH3 is 1. The zero-order chi connectivity index (χ0) is 13.4. The summed E-state index contributed by atoms with van der Waals surface area (Å²) in [7, 11) is 1.63. The molecule has 1 rings (SSSR count). The predicted octanol–water partition coefficient (Wildman–Crippen LogP) is 2.21. The van der Waals surface area contributed by atoms with Gasteiger partial charge in [0.15, 0.2) is 0 Å². The minimum Gasteiger partial charge on any atom is -0.497 e. The molecule has 0 aliphatic heterocycles. The SMILES string of the molecule is COc1ccc(OCCOCC(C)C)c(CN)c1. The van der Waals surface area contributed by atoms with Gasteiger partial charge in [-0.05, 0) is 24.1 Å². The van der Waals surface area contributed by atoms with Gasteiger partial charge in [-0.15, -0.1) is 0 Å². The van der Waals surface area contributed by atoms with Crippen LogP contribution in [0.3, 0.4) is 0 Å². The highest BCUT2D eigenvalue weighted by Crippen LogP contribution is 2.23. The van der Waals surface area contributed by atoms with E-state index in [1.807, 2.05) is 18.2 Å². The second-order valence-corrected chi connectivity index (χ2v) is 4.50. The second-order valence-electron chi connectivity index (χ2n) is 4.50. The Hall–Kier alpha value is -1.26. The third-order valence-electron chi connectivity index (χ3n) is 2.42. The van der Waals surface area contributed by atoms with Crippen molar-refractivity contribution in [1.82, 2.24) is 0 Å². The van der Waals surface area contributed by atoms with Gasteiger partial charge in [0, 0.05) is 18.7 Å². The summed E-state index contributed by atoms with van der Waals surface area (Å²) in [6, 6.07) is 5.64. The van der Waals surface area contributed by atoms with E-state index >= 15 is 0 Å². The molecule has 0 fully saturated rings. The fraction of sp³-hybridized carbons (Fsp3) is 0.571. The number of hydrogen-bond donors (Lipinski definition) is 1. The fourth-order valence-corrected chi connectivity index (χ4v) is 1.51. The van der Waals surface area contributed by atoms with Crippen LogP contribution in [-0.4, -0.2) is 26.9 Å². The maximum atomic E-state index is 5.68. The molecule has 4 nitrogen and oxygen atoms in total. The van der Waals surface area contributed by atoms with Gasteiger partial charge >= 0.3 is 0 Å². The number of nitrogens with two attached hydrogens (primary N) is 1. The van der Waals surface area contributed by atoms with Gasteiger partial charge in [-0.3, -0.25) is 0 Å². The Morgan fingerprint density at radius 3 is 2.61 bits per heavy atom. The topological polar surface area (TPSA) is 53.7 Å². The molecule has 102 valence electrons. The highest BCUT2D eigenvalue weighted by Gasteiger charge is 2.04. The van der Waals surface area contributed by atoms with Gasteiger partial charge in [0.2, 0.25) is 0 Å². The smallest absolute Gasteiger partial charge is 0.124 e. The zero-order valence-corrected chi connectivity index (χ0v) is 11.4. The second kappa shape index (κ2) is 7.95. The van der Waals surface area contributed by atoms with Crippen molar-refractivity contribution in [2.24, 2.45) is 11.7 Å². The molecule has 0 bridgehead atoms. The lowest BCUT2D eigenvalue weighted by Gasteiger charge is -2.12. The lowest BCUT2D eigenvalue weighted by Crippen LogP contribution is -2.11. The molecule has 0 atom stereocenters. The Balaban J connectivity index is 2.41. The van der Waals surface area contributed by atoms with E-state index in [0.717, 1.165) is 23.7 Å². The molecule has 18 heavy (non-hydrogen) atoms. The summed E-state index contributed by atoms with van der Waals surface area (Å²) < 4.78 is 16.2. The first-order valence-corrected chi connectivity index (χ1v) is 6.25. The molecule has 1 aromatic rings. The van der Waals surface area contributed by atoms with Crippen molar-refractivity contribution < 1.29 is 14.2 Å². The quantitative estimate of drug-likeness (QED) is 0.722. The van der Waals surface area contributed by atoms with Crippen LogP contribution in [0.1, 0.15) is 19.4 Å². The molecule has 0 unspecified atom stereocenters. The monoisotopic (exact) mass is 253 g/mol. The van der Waals surface area contributed by atoms with Crippen molar-refractivity contribution in [3.8, 4) is 11.5 Å². The summed E-state index contributed by atoms with van der Waals surface area (Å²) in [5.41, 5.74) is 6.62. The molecule has 0 saturated carbocycles. The third-order valence-corrected chi connectivity index (χ3v) is 2.42. The maximum absolute atomic E-state index is 5.68. The largest absolute Gasteiger partial charge is 0.497 e. The molecule has 4 heteroatoms. The molecular weight excluding hydrogens is 230 g/mol. The van der Waals surface area contributed by atoms with Gasteiger partial charge in [-0.25, -0.2) is 0 Å². The van der Waals surface area contributed by atoms with Crippen LogP contribution in [0.2, 0.25) is 0 Å². The number of rotatable bonds is 8. The molecule has 0 aliphatic carbocycles. The standard InChI is InChI=1S/C14H23NO3/c1-11(2)10-17-6-7-18-14-5-4-13(16-3)8-12(14)9-15/h4-5,8,11H,6-7,9-10,15H2,1-3H3. The van der Waals surface area contributed by atoms with Crippen molar-refractivity contribution >= 4 is 0 Å². The Kier molecular flexibility index (Phi) is 6.54. The van der Waals surface area contributed by atoms with E-state index in [2.05, 4.69) is 13.8 Å². The van der Waals surface area contributed by atoms with Gasteiger partial charge in [0.1, 0.15) is 18.1 Å². The van der Waals surface area contributed by atoms with Crippen molar-refractivity contribution in [3.05, 3.63) is 23.8 Å². The third kappa shape index (κ3) is 4.94. The molecule has 2 N–H and O–H groups in total. The molecule has 1 aromatic carbocycles. The normalized spacial score (nSPS) is 10.7. The van der Waals surface area contributed by atoms with Crippen LogP contribution in [0.25, 0.3) is 0 Å². The first-order chi connectivity index (χ1) is 8.67. The molecule has 0 saturated heterocycles. The lowest BCUT2D eigenvalue weighted by atomic mass is 10.2. The minimum absolute atomic E-state index is 0.430. The molecule has 0 aromatic heterocycles. The highest BCUT2D eigenvalue weighted by molar-refractivity contribution is 5.40. The Bertz CT molecular complexity index is 353. The van der Waals surface area contributed by atoms with Gasteiger partial charge in [-0.2, -0.15) is 0 Å². The highest BCUT2D eigenvalue weighted by atomic mass is 16.5. The van der Waals surface area contributed by atoms with Crippen LogP contribution in [0.15, 0.2) is 18.2 Å². The summed E-state index contributed by atoms with van der Waals surface area (Å²) in [6.07, 6.45) is 0. The number of ether oxygens (including phenoxy) is 3. The van der Waals surface area contributed by atoms with Crippen LogP contribution in [-0.2, 0) is 11.3 Å². The Morgan fingerprint density at radius 1 is 1.22 bits per heavy atom. The van der Waals surface area contributed by atoms with Crippen molar-refractivity contribution in [3.63, 3.8) is 0 Å². The van der Waals surface area contributed by atoms with Gasteiger partial charge in [0.05, 0.1) is 13.7 Å². The minimum atomic E-state index is 0.430. The summed E-state index contributed by atoms with van der Waals surface area (Å²) in [6.45, 7) is 6.56. The van der Waals surface area contributed by atoms with E-state index in [-0.39, 0.29) is 0 Å². The van der Waals surface area contributed by atoms with Gasteiger partial charge in [-0.1, -0.05) is 13.8 Å². The Labute approximate surface area is 109 Å². The first-order valence-electron chi connectivity index (χ1n) is 6.25. The molecule has 0 amide bonds. The van der Waals surface area contributed by atoms with Crippen LogP contribution in [0.4, 0.5) is 0 Å². The average Bonchev–Trinajstić information content (AvgIpc) is 2.38. The number of benzene rings is 1. The molecular formula is C14H23NO3.